The van der Waals surface area contributed by atoms with Crippen LogP contribution in [-0.2, 0) is 0 Å². The highest BCUT2D eigenvalue weighted by Gasteiger charge is 2.41. The molecule has 2 aromatic heterocycles. The number of aromatic nitrogens is 3. The molecule has 2 heterocycles. The number of benzene rings is 2. The smallest absolute Gasteiger partial charge is 0.254 e. The number of amides is 1. The lowest BCUT2D eigenvalue weighted by molar-refractivity contribution is -0.0535. The van der Waals surface area contributed by atoms with Crippen molar-refractivity contribution < 1.29 is 19.0 Å². The minimum Gasteiger partial charge on any atom is -0.493 e. The van der Waals surface area contributed by atoms with Crippen LogP contribution in [0.1, 0.15) is 36.2 Å². The number of fused-ring (bicyclic) bond motifs is 1. The molecule has 1 saturated carbocycles. The Kier molecular flexibility index (Phi) is 5.02. The lowest BCUT2D eigenvalue weighted by atomic mass is 9.77. The molecule has 0 spiro atoms. The highest BCUT2D eigenvalue weighted by Crippen LogP contribution is 2.44. The van der Waals surface area contributed by atoms with Gasteiger partial charge in [-0.2, -0.15) is 5.10 Å². The van der Waals surface area contributed by atoms with Gasteiger partial charge in [0.2, 0.25) is 0 Å². The topological polar surface area (TPSA) is 129 Å². The van der Waals surface area contributed by atoms with E-state index in [4.69, 9.17) is 16.2 Å². The first-order valence-electron chi connectivity index (χ1n) is 10.8. The standard InChI is InChI=1S/C25H24FN5O3/c1-25(33)11-15(12-25)31-23(27)18(24(28)32)20(30-31)14-8-9-16-17(10-14)29-21(19(26)22(16)34-2)13-6-4-3-5-7-13/h3-10,15,33H,11-12,27H2,1-2H3,(H2,28,32). The fraction of sp³-hybridized carbons (Fsp3) is 0.240. The normalized spacial score (nSPS) is 19.7. The van der Waals surface area contributed by atoms with Gasteiger partial charge in [-0.3, -0.25) is 4.79 Å². The Labute approximate surface area is 195 Å². The molecule has 4 aromatic rings. The summed E-state index contributed by atoms with van der Waals surface area (Å²) < 4.78 is 22.2. The van der Waals surface area contributed by atoms with E-state index in [1.165, 1.54) is 7.11 Å². The first-order chi connectivity index (χ1) is 16.2. The zero-order chi connectivity index (χ0) is 24.2. The van der Waals surface area contributed by atoms with Gasteiger partial charge in [0.25, 0.3) is 5.91 Å². The molecule has 5 N–H and O–H groups in total. The Hall–Kier alpha value is -3.98. The van der Waals surface area contributed by atoms with Gasteiger partial charge in [0.1, 0.15) is 22.8 Å². The summed E-state index contributed by atoms with van der Waals surface area (Å²) in [5, 5.41) is 15.2. The van der Waals surface area contributed by atoms with Gasteiger partial charge in [-0.15, -0.1) is 0 Å². The average molecular weight is 461 g/mol. The van der Waals surface area contributed by atoms with E-state index in [1.54, 1.807) is 54.1 Å². The van der Waals surface area contributed by atoms with Crippen LogP contribution >= 0.6 is 0 Å². The third kappa shape index (κ3) is 3.45. The molecule has 0 aliphatic heterocycles. The van der Waals surface area contributed by atoms with Crippen molar-refractivity contribution in [3.8, 4) is 28.3 Å². The van der Waals surface area contributed by atoms with Crippen molar-refractivity contribution in [3.63, 3.8) is 0 Å². The molecule has 0 saturated heterocycles. The number of hydrogen-bond acceptors (Lipinski definition) is 6. The predicted molar refractivity (Wildman–Crippen MR) is 127 cm³/mol. The highest BCUT2D eigenvalue weighted by atomic mass is 19.1. The first-order valence-corrected chi connectivity index (χ1v) is 10.8. The largest absolute Gasteiger partial charge is 0.493 e. The maximum atomic E-state index is 15.2. The van der Waals surface area contributed by atoms with Gasteiger partial charge in [0.05, 0.1) is 24.3 Å². The zero-order valence-electron chi connectivity index (χ0n) is 18.7. The Morgan fingerprint density at radius 1 is 1.18 bits per heavy atom. The first kappa shape index (κ1) is 21.8. The van der Waals surface area contributed by atoms with Crippen LogP contribution in [0.15, 0.2) is 48.5 Å². The fourth-order valence-electron chi connectivity index (χ4n) is 4.64. The van der Waals surface area contributed by atoms with Gasteiger partial charge in [-0.1, -0.05) is 36.4 Å². The Morgan fingerprint density at radius 3 is 2.50 bits per heavy atom. The van der Waals surface area contributed by atoms with Crippen LogP contribution < -0.4 is 16.2 Å². The molecule has 5 rings (SSSR count). The van der Waals surface area contributed by atoms with Crippen molar-refractivity contribution in [3.05, 3.63) is 59.9 Å². The van der Waals surface area contributed by atoms with Gasteiger partial charge in [0.15, 0.2) is 11.6 Å². The van der Waals surface area contributed by atoms with Gasteiger partial charge in [0, 0.05) is 16.5 Å². The SMILES string of the molecule is COc1c(F)c(-c2ccccc2)nc2cc(-c3nn(C4CC(C)(O)C4)c(N)c3C(N)=O)ccc12. The van der Waals surface area contributed by atoms with Crippen molar-refractivity contribution in [2.45, 2.75) is 31.4 Å². The molecular weight excluding hydrogens is 437 g/mol. The highest BCUT2D eigenvalue weighted by molar-refractivity contribution is 6.04. The molecule has 8 nitrogen and oxygen atoms in total. The summed E-state index contributed by atoms with van der Waals surface area (Å²) in [6, 6.07) is 13.9. The summed E-state index contributed by atoms with van der Waals surface area (Å²) in [6.45, 7) is 1.74. The molecule has 1 aliphatic rings. The molecule has 0 atom stereocenters. The number of aliphatic hydroxyl groups is 1. The summed E-state index contributed by atoms with van der Waals surface area (Å²) in [7, 11) is 1.40. The number of carbonyl (C=O) groups excluding carboxylic acids is 1. The molecule has 174 valence electrons. The number of methoxy groups -OCH3 is 1. The number of carbonyl (C=O) groups is 1. The quantitative estimate of drug-likeness (QED) is 0.416. The van der Waals surface area contributed by atoms with Crippen LogP contribution in [0.2, 0.25) is 0 Å². The maximum absolute atomic E-state index is 15.2. The van der Waals surface area contributed by atoms with E-state index >= 15 is 4.39 Å². The molecule has 1 aliphatic carbocycles. The number of halogens is 1. The number of primary amides is 1. The second-order valence-corrected chi connectivity index (χ2v) is 8.88. The van der Waals surface area contributed by atoms with E-state index in [9.17, 15) is 9.90 Å². The summed E-state index contributed by atoms with van der Waals surface area (Å²) in [5.74, 6) is -1.04. The minimum absolute atomic E-state index is 0.0762. The van der Waals surface area contributed by atoms with E-state index in [0.29, 0.717) is 40.6 Å². The van der Waals surface area contributed by atoms with Gasteiger partial charge in [-0.25, -0.2) is 14.1 Å². The maximum Gasteiger partial charge on any atom is 0.254 e. The average Bonchev–Trinajstić information content (AvgIpc) is 3.14. The molecule has 9 heteroatoms. The van der Waals surface area contributed by atoms with Gasteiger partial charge in [-0.05, 0) is 31.9 Å². The van der Waals surface area contributed by atoms with E-state index < -0.39 is 17.3 Å². The lowest BCUT2D eigenvalue weighted by Crippen LogP contribution is -2.42. The van der Waals surface area contributed by atoms with Crippen LogP contribution in [0.4, 0.5) is 10.2 Å². The van der Waals surface area contributed by atoms with E-state index in [0.717, 1.165) is 0 Å². The summed E-state index contributed by atoms with van der Waals surface area (Å²) in [6.07, 6.45) is 0.930. The number of anilines is 1. The zero-order valence-corrected chi connectivity index (χ0v) is 18.7. The van der Waals surface area contributed by atoms with Crippen LogP contribution in [-0.4, -0.2) is 38.5 Å². The predicted octanol–water partition coefficient (Wildman–Crippen LogP) is 3.68. The third-order valence-electron chi connectivity index (χ3n) is 6.30. The molecule has 0 unspecified atom stereocenters. The number of rotatable bonds is 5. The van der Waals surface area contributed by atoms with Crippen molar-refractivity contribution in [1.29, 1.82) is 0 Å². The lowest BCUT2D eigenvalue weighted by Gasteiger charge is -2.41. The van der Waals surface area contributed by atoms with Gasteiger partial charge < -0.3 is 21.3 Å². The monoisotopic (exact) mass is 461 g/mol. The number of pyridine rings is 1. The molecule has 0 bridgehead atoms. The molecule has 2 aromatic carbocycles. The molecule has 0 radical (unpaired) electrons. The van der Waals surface area contributed by atoms with E-state index in [1.807, 2.05) is 6.07 Å². The van der Waals surface area contributed by atoms with Crippen LogP contribution in [0.25, 0.3) is 33.4 Å². The Balaban J connectivity index is 1.68. The van der Waals surface area contributed by atoms with Crippen molar-refractivity contribution in [2.24, 2.45) is 5.73 Å². The molecule has 1 amide bonds. The number of nitrogens with zero attached hydrogens (tertiary/aromatic N) is 3. The Morgan fingerprint density at radius 2 is 1.88 bits per heavy atom. The summed E-state index contributed by atoms with van der Waals surface area (Å²) in [4.78, 5) is 16.8. The number of nitrogen functional groups attached to an aromatic ring is 1. The number of ether oxygens (including phenoxy) is 1. The van der Waals surface area contributed by atoms with Crippen LogP contribution in [0.3, 0.4) is 0 Å². The van der Waals surface area contributed by atoms with Crippen molar-refractivity contribution in [2.75, 3.05) is 12.8 Å². The minimum atomic E-state index is -0.794. The molecular formula is C25H24FN5O3. The van der Waals surface area contributed by atoms with Crippen molar-refractivity contribution in [1.82, 2.24) is 14.8 Å². The molecule has 34 heavy (non-hydrogen) atoms. The molecule has 1 fully saturated rings. The second kappa shape index (κ2) is 7.81. The fourth-order valence-corrected chi connectivity index (χ4v) is 4.64. The van der Waals surface area contributed by atoms with Gasteiger partial charge >= 0.3 is 0 Å². The summed E-state index contributed by atoms with van der Waals surface area (Å²) >= 11 is 0. The Bertz CT molecular complexity index is 1420. The van der Waals surface area contributed by atoms with E-state index in [2.05, 4.69) is 10.1 Å². The van der Waals surface area contributed by atoms with Crippen LogP contribution in [0.5, 0.6) is 5.75 Å². The second-order valence-electron chi connectivity index (χ2n) is 8.88. The number of hydrogen-bond donors (Lipinski definition) is 3. The van der Waals surface area contributed by atoms with E-state index in [-0.39, 0.29) is 28.9 Å². The number of nitrogens with two attached hydrogens (primary N) is 2. The third-order valence-corrected chi connectivity index (χ3v) is 6.30. The van der Waals surface area contributed by atoms with Crippen molar-refractivity contribution >= 4 is 22.6 Å². The summed E-state index contributed by atoms with van der Waals surface area (Å²) in [5.41, 5.74) is 13.3. The van der Waals surface area contributed by atoms with Crippen LogP contribution in [0, 0.1) is 5.82 Å².